The average Bonchev–Trinajstić information content (AvgIpc) is 3.34. The van der Waals surface area contributed by atoms with Crippen LogP contribution in [0.3, 0.4) is 0 Å². The Hall–Kier alpha value is -2.21. The molecule has 27 heavy (non-hydrogen) atoms. The van der Waals surface area contributed by atoms with Crippen molar-refractivity contribution >= 4 is 44.2 Å². The van der Waals surface area contributed by atoms with E-state index < -0.39 is 10.0 Å². The fourth-order valence-corrected chi connectivity index (χ4v) is 4.86. The second kappa shape index (κ2) is 9.13. The van der Waals surface area contributed by atoms with E-state index in [9.17, 15) is 13.2 Å². The number of nitrogens with one attached hydrogen (secondary N) is 2. The minimum Gasteiger partial charge on any atom is -0.468 e. The number of nitrogens with zero attached hydrogens (tertiary/aromatic N) is 2. The van der Waals surface area contributed by atoms with E-state index >= 15 is 0 Å². The first kappa shape index (κ1) is 19.5. The van der Waals surface area contributed by atoms with Crippen LogP contribution in [0.15, 0.2) is 57.5 Å². The molecule has 1 aromatic carbocycles. The van der Waals surface area contributed by atoms with Crippen molar-refractivity contribution in [3.8, 4) is 0 Å². The SMILES string of the molecule is O=C(Nc1nnc(S(=O)(=O)NCCSCc2ccco2)s1)c1ccccc1. The van der Waals surface area contributed by atoms with E-state index in [0.717, 1.165) is 17.1 Å². The van der Waals surface area contributed by atoms with Crippen LogP contribution in [0.4, 0.5) is 5.13 Å². The monoisotopic (exact) mass is 424 g/mol. The number of anilines is 1. The van der Waals surface area contributed by atoms with Gasteiger partial charge in [0.05, 0.1) is 12.0 Å². The van der Waals surface area contributed by atoms with Crippen molar-refractivity contribution in [2.45, 2.75) is 10.1 Å². The first-order valence-corrected chi connectivity index (χ1v) is 11.3. The van der Waals surface area contributed by atoms with Crippen molar-refractivity contribution in [3.63, 3.8) is 0 Å². The minimum absolute atomic E-state index is 0.122. The van der Waals surface area contributed by atoms with Gasteiger partial charge in [0, 0.05) is 17.9 Å². The Balaban J connectivity index is 1.49. The van der Waals surface area contributed by atoms with Crippen LogP contribution >= 0.6 is 23.1 Å². The summed E-state index contributed by atoms with van der Waals surface area (Å²) in [5.74, 6) is 1.71. The Morgan fingerprint density at radius 1 is 1.15 bits per heavy atom. The van der Waals surface area contributed by atoms with Gasteiger partial charge in [0.1, 0.15) is 5.76 Å². The van der Waals surface area contributed by atoms with Crippen molar-refractivity contribution in [3.05, 3.63) is 60.1 Å². The van der Waals surface area contributed by atoms with Gasteiger partial charge in [0.25, 0.3) is 15.9 Å². The van der Waals surface area contributed by atoms with Gasteiger partial charge in [-0.3, -0.25) is 10.1 Å². The Morgan fingerprint density at radius 3 is 2.70 bits per heavy atom. The fourth-order valence-electron chi connectivity index (χ4n) is 2.01. The van der Waals surface area contributed by atoms with Crippen LogP contribution in [0, 0.1) is 0 Å². The van der Waals surface area contributed by atoms with E-state index in [1.54, 1.807) is 48.4 Å². The number of aromatic nitrogens is 2. The first-order valence-electron chi connectivity index (χ1n) is 7.84. The lowest BCUT2D eigenvalue weighted by Gasteiger charge is -2.03. The van der Waals surface area contributed by atoms with Gasteiger partial charge in [-0.2, -0.15) is 11.8 Å². The summed E-state index contributed by atoms with van der Waals surface area (Å²) in [5.41, 5.74) is 0.448. The maximum Gasteiger partial charge on any atom is 0.269 e. The number of benzene rings is 1. The molecule has 2 aromatic heterocycles. The molecule has 1 amide bonds. The third-order valence-electron chi connectivity index (χ3n) is 3.26. The molecule has 0 atom stereocenters. The van der Waals surface area contributed by atoms with E-state index in [2.05, 4.69) is 20.2 Å². The van der Waals surface area contributed by atoms with Gasteiger partial charge >= 0.3 is 0 Å². The number of sulfonamides is 1. The number of furan rings is 1. The molecule has 2 N–H and O–H groups in total. The third-order valence-corrected chi connectivity index (χ3v) is 6.90. The number of carbonyl (C=O) groups is 1. The van der Waals surface area contributed by atoms with Gasteiger partial charge in [-0.05, 0) is 24.3 Å². The second-order valence-electron chi connectivity index (χ2n) is 5.22. The highest BCUT2D eigenvalue weighted by molar-refractivity contribution is 7.98. The maximum absolute atomic E-state index is 12.2. The van der Waals surface area contributed by atoms with Crippen LogP contribution in [0.25, 0.3) is 0 Å². The summed E-state index contributed by atoms with van der Waals surface area (Å²) in [6.07, 6.45) is 1.60. The van der Waals surface area contributed by atoms with Gasteiger partial charge in [-0.25, -0.2) is 13.1 Å². The molecule has 0 bridgehead atoms. The molecule has 0 saturated carbocycles. The van der Waals surface area contributed by atoms with Crippen molar-refractivity contribution in [1.29, 1.82) is 0 Å². The van der Waals surface area contributed by atoms with E-state index in [4.69, 9.17) is 4.42 Å². The van der Waals surface area contributed by atoms with Crippen molar-refractivity contribution in [2.75, 3.05) is 17.6 Å². The second-order valence-corrected chi connectivity index (χ2v) is 9.25. The molecule has 0 saturated heterocycles. The lowest BCUT2D eigenvalue weighted by Crippen LogP contribution is -2.26. The molecule has 3 rings (SSSR count). The standard InChI is InChI=1S/C16H16N4O4S3/c21-14(12-5-2-1-3-6-12)18-15-19-20-16(26-15)27(22,23)17-8-10-25-11-13-7-4-9-24-13/h1-7,9,17H,8,10-11H2,(H,18,19,21). The summed E-state index contributed by atoms with van der Waals surface area (Å²) in [6, 6.07) is 12.2. The Morgan fingerprint density at radius 2 is 1.96 bits per heavy atom. The zero-order valence-corrected chi connectivity index (χ0v) is 16.4. The number of hydrogen-bond donors (Lipinski definition) is 2. The highest BCUT2D eigenvalue weighted by atomic mass is 32.2. The number of amides is 1. The van der Waals surface area contributed by atoms with E-state index in [1.165, 1.54) is 0 Å². The fraction of sp³-hybridized carbons (Fsp3) is 0.188. The summed E-state index contributed by atoms with van der Waals surface area (Å²) < 4.78 is 32.0. The number of thioether (sulfide) groups is 1. The van der Waals surface area contributed by atoms with Crippen LogP contribution in [0.5, 0.6) is 0 Å². The van der Waals surface area contributed by atoms with Crippen LogP contribution in [0.2, 0.25) is 0 Å². The molecule has 2 heterocycles. The van der Waals surface area contributed by atoms with Crippen LogP contribution in [0.1, 0.15) is 16.1 Å². The summed E-state index contributed by atoms with van der Waals surface area (Å²) in [7, 11) is -3.77. The molecule has 0 aliphatic rings. The van der Waals surface area contributed by atoms with Crippen molar-refractivity contribution in [2.24, 2.45) is 0 Å². The predicted molar refractivity (Wildman–Crippen MR) is 104 cm³/mol. The summed E-state index contributed by atoms with van der Waals surface area (Å²) in [6.45, 7) is 0.249. The lowest BCUT2D eigenvalue weighted by atomic mass is 10.2. The Bertz CT molecular complexity index is 972. The quantitative estimate of drug-likeness (QED) is 0.401. The maximum atomic E-state index is 12.2. The molecule has 0 spiro atoms. The number of carbonyl (C=O) groups excluding carboxylic acids is 1. The van der Waals surface area contributed by atoms with Crippen LogP contribution < -0.4 is 10.0 Å². The molecular weight excluding hydrogens is 408 g/mol. The van der Waals surface area contributed by atoms with Crippen LogP contribution in [-0.2, 0) is 15.8 Å². The molecule has 142 valence electrons. The Kier molecular flexibility index (Phi) is 6.61. The average molecular weight is 425 g/mol. The number of rotatable bonds is 9. The van der Waals surface area contributed by atoms with Gasteiger partial charge in [-0.15, -0.1) is 10.2 Å². The summed E-state index contributed by atoms with van der Waals surface area (Å²) in [5, 5.41) is 10.0. The third kappa shape index (κ3) is 5.63. The van der Waals surface area contributed by atoms with Gasteiger partial charge in [0.15, 0.2) is 0 Å². The van der Waals surface area contributed by atoms with Gasteiger partial charge in [-0.1, -0.05) is 29.5 Å². The van der Waals surface area contributed by atoms with E-state index in [1.807, 2.05) is 12.1 Å². The minimum atomic E-state index is -3.77. The highest BCUT2D eigenvalue weighted by Gasteiger charge is 2.20. The molecule has 3 aromatic rings. The molecule has 0 radical (unpaired) electrons. The lowest BCUT2D eigenvalue weighted by molar-refractivity contribution is 0.102. The largest absolute Gasteiger partial charge is 0.468 e. The molecule has 0 aliphatic carbocycles. The molecular formula is C16H16N4O4S3. The van der Waals surface area contributed by atoms with Crippen molar-refractivity contribution in [1.82, 2.24) is 14.9 Å². The highest BCUT2D eigenvalue weighted by Crippen LogP contribution is 2.20. The zero-order chi connectivity index (χ0) is 19.1. The normalized spacial score (nSPS) is 11.4. The molecule has 0 fully saturated rings. The number of hydrogen-bond acceptors (Lipinski definition) is 8. The topological polar surface area (TPSA) is 114 Å². The van der Waals surface area contributed by atoms with E-state index in [0.29, 0.717) is 17.1 Å². The predicted octanol–water partition coefficient (Wildman–Crippen LogP) is 2.60. The van der Waals surface area contributed by atoms with Gasteiger partial charge < -0.3 is 4.42 Å². The molecule has 8 nitrogen and oxygen atoms in total. The first-order chi connectivity index (χ1) is 13.0. The van der Waals surface area contributed by atoms with Gasteiger partial charge in [0.2, 0.25) is 9.47 Å². The Labute approximate surface area is 164 Å². The summed E-state index contributed by atoms with van der Waals surface area (Å²) >= 11 is 2.35. The van der Waals surface area contributed by atoms with Crippen molar-refractivity contribution < 1.29 is 17.6 Å². The summed E-state index contributed by atoms with van der Waals surface area (Å²) in [4.78, 5) is 12.1. The molecule has 0 unspecified atom stereocenters. The zero-order valence-electron chi connectivity index (χ0n) is 14.0. The smallest absolute Gasteiger partial charge is 0.269 e. The molecule has 11 heteroatoms. The van der Waals surface area contributed by atoms with E-state index in [-0.39, 0.29) is 21.9 Å². The van der Waals surface area contributed by atoms with Crippen LogP contribution in [-0.4, -0.2) is 36.8 Å². The molecule has 0 aliphatic heterocycles.